The molecule has 0 radical (unpaired) electrons. The maximum absolute atomic E-state index is 12.2. The summed E-state index contributed by atoms with van der Waals surface area (Å²) in [7, 11) is 3.20. The molecule has 1 saturated heterocycles. The summed E-state index contributed by atoms with van der Waals surface area (Å²) in [4.78, 5) is 26.3. The van der Waals surface area contributed by atoms with E-state index in [2.05, 4.69) is 32.7 Å². The van der Waals surface area contributed by atoms with Gasteiger partial charge in [0.15, 0.2) is 0 Å². The summed E-state index contributed by atoms with van der Waals surface area (Å²) in [5.74, 6) is 0.665. The van der Waals surface area contributed by atoms with Gasteiger partial charge in [-0.05, 0) is 12.0 Å². The smallest absolute Gasteiger partial charge is 0.332 e. The maximum atomic E-state index is 12.2. The monoisotopic (exact) mass is 395 g/mol. The maximum Gasteiger partial charge on any atom is 0.332 e. The molecule has 0 saturated carbocycles. The van der Waals surface area contributed by atoms with Crippen LogP contribution in [0.25, 0.3) is 0 Å². The molecule has 0 spiro atoms. The van der Waals surface area contributed by atoms with Crippen molar-refractivity contribution in [2.75, 3.05) is 18.0 Å². The first-order valence-electron chi connectivity index (χ1n) is 9.69. The Balaban J connectivity index is 1.39. The van der Waals surface area contributed by atoms with Crippen molar-refractivity contribution >= 4 is 5.82 Å². The van der Waals surface area contributed by atoms with Crippen LogP contribution in [0.2, 0.25) is 0 Å². The van der Waals surface area contributed by atoms with Crippen molar-refractivity contribution in [3.63, 3.8) is 0 Å². The van der Waals surface area contributed by atoms with Gasteiger partial charge in [0.1, 0.15) is 5.82 Å². The average Bonchev–Trinajstić information content (AvgIpc) is 3.38. The zero-order chi connectivity index (χ0) is 20.4. The van der Waals surface area contributed by atoms with E-state index >= 15 is 0 Å². The molecule has 1 atom stereocenters. The van der Waals surface area contributed by atoms with Gasteiger partial charge in [-0.25, -0.2) is 9.48 Å². The highest BCUT2D eigenvalue weighted by atomic mass is 16.2. The summed E-state index contributed by atoms with van der Waals surface area (Å²) in [6.07, 6.45) is 2.72. The molecular formula is C20H25N7O2. The second-order valence-electron chi connectivity index (χ2n) is 7.42. The molecule has 9 heteroatoms. The van der Waals surface area contributed by atoms with Gasteiger partial charge < -0.3 is 10.2 Å². The SMILES string of the molecule is Cn1c(N2CC[C@H](NCc3cnnn3Cc3ccccc3)C2)cc(=O)n(C)c1=O. The minimum Gasteiger partial charge on any atom is -0.356 e. The molecule has 0 bridgehead atoms. The van der Waals surface area contributed by atoms with E-state index in [1.807, 2.05) is 22.9 Å². The molecule has 1 aromatic carbocycles. The lowest BCUT2D eigenvalue weighted by atomic mass is 10.2. The molecule has 0 aliphatic carbocycles. The highest BCUT2D eigenvalue weighted by molar-refractivity contribution is 5.40. The summed E-state index contributed by atoms with van der Waals surface area (Å²) in [6, 6.07) is 12.0. The van der Waals surface area contributed by atoms with Gasteiger partial charge in [-0.15, -0.1) is 5.10 Å². The molecule has 4 rings (SSSR count). The molecule has 29 heavy (non-hydrogen) atoms. The summed E-state index contributed by atoms with van der Waals surface area (Å²) in [5, 5.41) is 11.8. The molecule has 1 aliphatic heterocycles. The fourth-order valence-corrected chi connectivity index (χ4v) is 3.71. The summed E-state index contributed by atoms with van der Waals surface area (Å²) < 4.78 is 4.55. The van der Waals surface area contributed by atoms with Crippen LogP contribution in [0.1, 0.15) is 17.7 Å². The Morgan fingerprint density at radius 2 is 1.93 bits per heavy atom. The van der Waals surface area contributed by atoms with Crippen molar-refractivity contribution in [2.45, 2.75) is 25.6 Å². The van der Waals surface area contributed by atoms with Crippen molar-refractivity contribution in [1.82, 2.24) is 29.4 Å². The number of nitrogens with zero attached hydrogens (tertiary/aromatic N) is 6. The molecule has 9 nitrogen and oxygen atoms in total. The summed E-state index contributed by atoms with van der Waals surface area (Å²) in [5.41, 5.74) is 1.61. The van der Waals surface area contributed by atoms with E-state index < -0.39 is 0 Å². The van der Waals surface area contributed by atoms with E-state index in [9.17, 15) is 9.59 Å². The van der Waals surface area contributed by atoms with Crippen molar-refractivity contribution in [3.05, 3.63) is 74.7 Å². The van der Waals surface area contributed by atoms with E-state index in [0.717, 1.165) is 29.8 Å². The highest BCUT2D eigenvalue weighted by Gasteiger charge is 2.25. The van der Waals surface area contributed by atoms with Crippen molar-refractivity contribution in [2.24, 2.45) is 14.1 Å². The van der Waals surface area contributed by atoms with Crippen LogP contribution in [0.5, 0.6) is 0 Å². The van der Waals surface area contributed by atoms with E-state index in [1.165, 1.54) is 23.2 Å². The fourth-order valence-electron chi connectivity index (χ4n) is 3.71. The number of rotatable bonds is 6. The van der Waals surface area contributed by atoms with Crippen molar-refractivity contribution in [1.29, 1.82) is 0 Å². The number of hydrogen-bond acceptors (Lipinski definition) is 6. The molecule has 0 unspecified atom stereocenters. The Labute approximate surface area is 168 Å². The Morgan fingerprint density at radius 1 is 1.14 bits per heavy atom. The largest absolute Gasteiger partial charge is 0.356 e. The Hall–Kier alpha value is -3.20. The van der Waals surface area contributed by atoms with E-state index in [0.29, 0.717) is 18.9 Å². The first kappa shape index (κ1) is 19.1. The molecule has 1 fully saturated rings. The van der Waals surface area contributed by atoms with Crippen LogP contribution in [-0.2, 0) is 27.2 Å². The first-order chi connectivity index (χ1) is 14.0. The predicted molar refractivity (Wildman–Crippen MR) is 110 cm³/mol. The predicted octanol–water partition coefficient (Wildman–Crippen LogP) is 0.0923. The second kappa shape index (κ2) is 8.04. The molecule has 152 valence electrons. The van der Waals surface area contributed by atoms with Gasteiger partial charge in [-0.3, -0.25) is 13.9 Å². The normalized spacial score (nSPS) is 16.5. The summed E-state index contributed by atoms with van der Waals surface area (Å²) in [6.45, 7) is 2.87. The molecule has 0 amide bonds. The quantitative estimate of drug-likeness (QED) is 0.636. The number of aromatic nitrogens is 5. The van der Waals surface area contributed by atoms with Gasteiger partial charge >= 0.3 is 5.69 Å². The molecular weight excluding hydrogens is 370 g/mol. The van der Waals surface area contributed by atoms with Crippen molar-refractivity contribution < 1.29 is 0 Å². The Bertz CT molecular complexity index is 1100. The minimum atomic E-state index is -0.306. The van der Waals surface area contributed by atoms with Gasteiger partial charge in [0.2, 0.25) is 0 Å². The third-order valence-electron chi connectivity index (χ3n) is 5.46. The van der Waals surface area contributed by atoms with Crippen LogP contribution in [0, 0.1) is 0 Å². The van der Waals surface area contributed by atoms with Gasteiger partial charge in [-0.2, -0.15) is 0 Å². The first-order valence-corrected chi connectivity index (χ1v) is 9.69. The standard InChI is InChI=1S/C20H25N7O2/c1-24-18(10-19(28)25(2)20(24)29)26-9-8-16(14-26)21-11-17-12-22-23-27(17)13-15-6-4-3-5-7-15/h3-7,10,12,16,21H,8-9,11,13-14H2,1-2H3/t16-/m0/s1. The Morgan fingerprint density at radius 3 is 2.72 bits per heavy atom. The zero-order valence-electron chi connectivity index (χ0n) is 16.7. The van der Waals surface area contributed by atoms with E-state index in [4.69, 9.17) is 0 Å². The zero-order valence-corrected chi connectivity index (χ0v) is 16.7. The lowest BCUT2D eigenvalue weighted by molar-refractivity contribution is 0.519. The van der Waals surface area contributed by atoms with Crippen LogP contribution < -0.4 is 21.5 Å². The lowest BCUT2D eigenvalue weighted by Crippen LogP contribution is -2.40. The number of hydrogen-bond donors (Lipinski definition) is 1. The van der Waals surface area contributed by atoms with Crippen LogP contribution in [-0.4, -0.2) is 43.3 Å². The van der Waals surface area contributed by atoms with Crippen LogP contribution >= 0.6 is 0 Å². The fraction of sp³-hybridized carbons (Fsp3) is 0.400. The highest BCUT2D eigenvalue weighted by Crippen LogP contribution is 2.17. The second-order valence-corrected chi connectivity index (χ2v) is 7.42. The summed E-state index contributed by atoms with van der Waals surface area (Å²) >= 11 is 0. The molecule has 3 aromatic rings. The van der Waals surface area contributed by atoms with Crippen LogP contribution in [0.15, 0.2) is 52.2 Å². The van der Waals surface area contributed by atoms with Gasteiger partial charge in [0, 0.05) is 45.8 Å². The van der Waals surface area contributed by atoms with E-state index in [1.54, 1.807) is 13.2 Å². The Kier molecular flexibility index (Phi) is 5.30. The third-order valence-corrected chi connectivity index (χ3v) is 5.46. The lowest BCUT2D eigenvalue weighted by Gasteiger charge is -2.21. The number of anilines is 1. The minimum absolute atomic E-state index is 0.259. The molecule has 3 heterocycles. The molecule has 2 aromatic heterocycles. The van der Waals surface area contributed by atoms with Crippen molar-refractivity contribution in [3.8, 4) is 0 Å². The van der Waals surface area contributed by atoms with Gasteiger partial charge in [0.05, 0.1) is 18.4 Å². The van der Waals surface area contributed by atoms with E-state index in [-0.39, 0.29) is 17.3 Å². The molecule has 1 N–H and O–H groups in total. The number of nitrogens with one attached hydrogen (secondary N) is 1. The van der Waals surface area contributed by atoms with Crippen LogP contribution in [0.3, 0.4) is 0 Å². The third kappa shape index (κ3) is 4.00. The van der Waals surface area contributed by atoms with Gasteiger partial charge in [-0.1, -0.05) is 35.5 Å². The molecule has 1 aliphatic rings. The van der Waals surface area contributed by atoms with Gasteiger partial charge in [0.25, 0.3) is 5.56 Å². The topological polar surface area (TPSA) is 90.0 Å². The van der Waals surface area contributed by atoms with Crippen LogP contribution in [0.4, 0.5) is 5.82 Å². The number of benzene rings is 1. The average molecular weight is 395 g/mol.